The summed E-state index contributed by atoms with van der Waals surface area (Å²) in [6.07, 6.45) is 0. The number of benzene rings is 10. The Kier molecular flexibility index (Phi) is 16.1. The molecule has 0 saturated heterocycles. The van der Waals surface area contributed by atoms with Crippen LogP contribution in [0, 0.1) is 0 Å². The number of fused-ring (bicyclic) bond motifs is 6. The molecule has 2 nitrogen and oxygen atoms in total. The normalized spacial score (nSPS) is 11.6. The predicted octanol–water partition coefficient (Wildman–Crippen LogP) is -18.9. The SMILES string of the molecule is [B]c1cc(-c2c(-c3cc([B])c([B])c([B])c3[B])cc(N(c3cc([B])c(-c4c([B])c([B])c([B])c5c4oc4c([B])c([B])c([B])c([B])c45)c([B])c3)c3cc([B])c(-c4c([B])c5c([B])c([B])c([B])c([B])c5c5c([B])c([B])c([B])cc45)c([B])c3[B])c([B])c2[B])cc([B])c1[B]. The maximum absolute atomic E-state index is 7.38. The van der Waals surface area contributed by atoms with Gasteiger partial charge >= 0.3 is 0 Å². The van der Waals surface area contributed by atoms with Crippen LogP contribution < -0.4 is 163 Å². The molecule has 11 aromatic rings. The second kappa shape index (κ2) is 22.3. The van der Waals surface area contributed by atoms with Gasteiger partial charge in [-0.1, -0.05) is 112 Å². The van der Waals surface area contributed by atoms with Gasteiger partial charge in [-0.3, -0.25) is 0 Å². The molecule has 0 aliphatic heterocycles. The van der Waals surface area contributed by atoms with Crippen molar-refractivity contribution in [2.45, 2.75) is 0 Å². The van der Waals surface area contributed by atoms with Crippen molar-refractivity contribution in [3.05, 3.63) is 48.5 Å². The maximum atomic E-state index is 7.38. The van der Waals surface area contributed by atoms with Gasteiger partial charge in [-0.05, 0) is 84.8 Å². The molecule has 31 heteroatoms. The quantitative estimate of drug-likeness (QED) is 0.117. The topological polar surface area (TPSA) is 16.4 Å². The highest BCUT2D eigenvalue weighted by Crippen LogP contribution is 2.39. The average molecular weight is 1020 g/mol. The number of furan rings is 1. The molecule has 0 aliphatic carbocycles. The summed E-state index contributed by atoms with van der Waals surface area (Å²) in [5, 5.41) is 1.24. The Labute approximate surface area is 544 Å². The third kappa shape index (κ3) is 9.26. The van der Waals surface area contributed by atoms with Crippen molar-refractivity contribution < 1.29 is 4.42 Å². The summed E-state index contributed by atoms with van der Waals surface area (Å²) in [6, 6.07) is 12.2. The Morgan fingerprint density at radius 1 is 0.218 bits per heavy atom. The summed E-state index contributed by atoms with van der Waals surface area (Å²) in [7, 11) is 195. The standard InChI is InChI=1S/C56H8B29NO/c57-14-3-10(4-15(58)26(14)30-45(76)49(80)46(77)31-32-47(78)52(83)53(84)54(85)56(32)87-55(30)31)86(21-7-11(12-5-19(62)36(67)48(79)33(12)64)23(40(71)37(21)68)9-1-17(60)34(65)18(61)2-9)22-8-16(59)27(42(73)38(22)69)24-13-6-20(63)35(66)41(72)25(13)28-29(39(24)70)44(75)51(82)50(81)43(28)74/h1-8H. The van der Waals surface area contributed by atoms with Crippen LogP contribution >= 0.6 is 0 Å². The van der Waals surface area contributed by atoms with Gasteiger partial charge in [0.05, 0.1) is 0 Å². The fourth-order valence-corrected chi connectivity index (χ4v) is 11.7. The van der Waals surface area contributed by atoms with Gasteiger partial charge in [0.1, 0.15) is 239 Å². The molecule has 1 heterocycles. The number of nitrogens with zero attached hydrogens (tertiary/aromatic N) is 1. The molecule has 58 radical (unpaired) electrons. The van der Waals surface area contributed by atoms with Gasteiger partial charge in [-0.15, -0.1) is 71.0 Å². The van der Waals surface area contributed by atoms with E-state index < -0.39 is 0 Å². The Morgan fingerprint density at radius 3 is 1.21 bits per heavy atom. The third-order valence-corrected chi connectivity index (χ3v) is 16.3. The van der Waals surface area contributed by atoms with Crippen molar-refractivity contribution in [3.8, 4) is 44.5 Å². The minimum absolute atomic E-state index is 0.00111. The summed E-state index contributed by atoms with van der Waals surface area (Å²) in [6.45, 7) is 0. The monoisotopic (exact) mass is 1030 g/mol. The Bertz CT molecular complexity index is 4950. The highest BCUT2D eigenvalue weighted by molar-refractivity contribution is 6.74. The smallest absolute Gasteiger partial charge is 0.141 e. The number of hydrogen-bond acceptors (Lipinski definition) is 2. The van der Waals surface area contributed by atoms with Crippen molar-refractivity contribution in [1.82, 2.24) is 0 Å². The van der Waals surface area contributed by atoms with Crippen molar-refractivity contribution in [2.24, 2.45) is 0 Å². The van der Waals surface area contributed by atoms with Crippen LogP contribution in [0.1, 0.15) is 0 Å². The highest BCUT2D eigenvalue weighted by atomic mass is 16.3. The maximum Gasteiger partial charge on any atom is 0.141 e. The van der Waals surface area contributed by atoms with Gasteiger partial charge in [0, 0.05) is 33.4 Å². The lowest BCUT2D eigenvalue weighted by atomic mass is 9.59. The van der Waals surface area contributed by atoms with E-state index in [9.17, 15) is 0 Å². The van der Waals surface area contributed by atoms with Gasteiger partial charge in [-0.25, -0.2) is 0 Å². The van der Waals surface area contributed by atoms with Crippen LogP contribution in [0.4, 0.5) is 17.1 Å². The van der Waals surface area contributed by atoms with Crippen LogP contribution in [0.3, 0.4) is 0 Å². The molecule has 0 amide bonds. The van der Waals surface area contributed by atoms with E-state index in [2.05, 4.69) is 0 Å². The van der Waals surface area contributed by atoms with E-state index >= 15 is 0 Å². The number of rotatable bonds is 7. The molecule has 0 saturated carbocycles. The molecule has 0 spiro atoms. The lowest BCUT2D eigenvalue weighted by Crippen LogP contribution is -2.50. The molecule has 330 valence electrons. The van der Waals surface area contributed by atoms with Gasteiger partial charge < -0.3 is 9.32 Å². The molecule has 11 rings (SSSR count). The van der Waals surface area contributed by atoms with Gasteiger partial charge in [0.25, 0.3) is 0 Å². The van der Waals surface area contributed by atoms with E-state index in [1.165, 1.54) is 35.2 Å². The molecule has 0 aliphatic rings. The van der Waals surface area contributed by atoms with Crippen molar-refractivity contribution >= 4 is 447 Å². The van der Waals surface area contributed by atoms with Crippen LogP contribution in [0.15, 0.2) is 52.9 Å². The first-order chi connectivity index (χ1) is 40.8. The van der Waals surface area contributed by atoms with E-state index in [1.54, 1.807) is 18.2 Å². The molecule has 1 aromatic heterocycles. The lowest BCUT2D eigenvalue weighted by Gasteiger charge is -2.35. The molecular weight excluding hydrogens is 1020 g/mol. The first kappa shape index (κ1) is 62.8. The van der Waals surface area contributed by atoms with E-state index in [-0.39, 0.29) is 258 Å². The first-order valence-corrected chi connectivity index (χ1v) is 25.8. The number of anilines is 3. The fourth-order valence-electron chi connectivity index (χ4n) is 11.7. The van der Waals surface area contributed by atoms with Gasteiger partial charge in [-0.2, -0.15) is 0 Å². The molecule has 0 atom stereocenters. The summed E-state index contributed by atoms with van der Waals surface area (Å²) in [5.41, 5.74) is 0.662. The minimum atomic E-state index is -0.180. The van der Waals surface area contributed by atoms with Gasteiger partial charge in [0.15, 0.2) is 0 Å². The van der Waals surface area contributed by atoms with Crippen molar-refractivity contribution in [1.29, 1.82) is 0 Å². The number of hydrogen-bond donors (Lipinski definition) is 0. The molecule has 87 heavy (non-hydrogen) atoms. The largest absolute Gasteiger partial charge is 0.456 e. The molecule has 0 unspecified atom stereocenters. The molecule has 0 bridgehead atoms. The molecule has 0 fully saturated rings. The molecular formula is C56H8B29NO. The van der Waals surface area contributed by atoms with E-state index in [4.69, 9.17) is 232 Å². The van der Waals surface area contributed by atoms with Crippen LogP contribution in [0.25, 0.3) is 88.0 Å². The van der Waals surface area contributed by atoms with Crippen LogP contribution in [-0.2, 0) is 0 Å². The van der Waals surface area contributed by atoms with Gasteiger partial charge in [0.2, 0.25) is 0 Å². The third-order valence-electron chi connectivity index (χ3n) is 16.3. The van der Waals surface area contributed by atoms with Crippen molar-refractivity contribution in [3.63, 3.8) is 0 Å². The summed E-state index contributed by atoms with van der Waals surface area (Å²) in [4.78, 5) is 1.51. The second-order valence-corrected chi connectivity index (χ2v) is 21.2. The summed E-state index contributed by atoms with van der Waals surface area (Å²) >= 11 is 0. The van der Waals surface area contributed by atoms with Crippen LogP contribution in [-0.4, -0.2) is 228 Å². The molecule has 0 N–H and O–H groups in total. The zero-order valence-corrected chi connectivity index (χ0v) is 46.2. The van der Waals surface area contributed by atoms with Crippen LogP contribution in [0.5, 0.6) is 0 Å². The fraction of sp³-hybridized carbons (Fsp3) is 0. The Hall–Kier alpha value is -5.80. The average Bonchev–Trinajstić information content (AvgIpc) is 1.60. The minimum Gasteiger partial charge on any atom is -0.456 e. The predicted molar refractivity (Wildman–Crippen MR) is 401 cm³/mol. The van der Waals surface area contributed by atoms with E-state index in [0.717, 1.165) is 0 Å². The zero-order chi connectivity index (χ0) is 63.7. The van der Waals surface area contributed by atoms with Crippen LogP contribution in [0.2, 0.25) is 0 Å². The highest BCUT2D eigenvalue weighted by Gasteiger charge is 2.30. The first-order valence-electron chi connectivity index (χ1n) is 25.8. The zero-order valence-electron chi connectivity index (χ0n) is 46.2. The Morgan fingerprint density at radius 2 is 0.632 bits per heavy atom. The van der Waals surface area contributed by atoms with E-state index in [1.807, 2.05) is 0 Å². The summed E-state index contributed by atoms with van der Waals surface area (Å²) < 4.78 is 6.44. The second-order valence-electron chi connectivity index (χ2n) is 21.2. The summed E-state index contributed by atoms with van der Waals surface area (Å²) in [5.74, 6) is 0. The lowest BCUT2D eigenvalue weighted by molar-refractivity contribution is 0.673. The Balaban J connectivity index is 1.27. The van der Waals surface area contributed by atoms with E-state index in [0.29, 0.717) is 5.56 Å². The van der Waals surface area contributed by atoms with Crippen molar-refractivity contribution in [2.75, 3.05) is 4.90 Å². The molecule has 10 aromatic carbocycles.